The second kappa shape index (κ2) is 4.01. The quantitative estimate of drug-likeness (QED) is 0.449. The zero-order valence-corrected chi connectivity index (χ0v) is 5.72. The molecule has 0 aliphatic heterocycles. The number of rotatable bonds is 3. The van der Waals surface area contributed by atoms with Gasteiger partial charge in [0.1, 0.15) is 0 Å². The molecule has 0 unspecified atom stereocenters. The van der Waals surface area contributed by atoms with Gasteiger partial charge in [-0.1, -0.05) is 19.9 Å². The van der Waals surface area contributed by atoms with Crippen LogP contribution in [0, 0.1) is 11.3 Å². The van der Waals surface area contributed by atoms with Crippen LogP contribution in [0.1, 0.15) is 13.8 Å². The van der Waals surface area contributed by atoms with Gasteiger partial charge in [-0.15, -0.1) is 0 Å². The highest BCUT2D eigenvalue weighted by molar-refractivity contribution is 6.31. The van der Waals surface area contributed by atoms with Gasteiger partial charge in [0.05, 0.1) is 6.21 Å². The minimum Gasteiger partial charge on any atom is -0.305 e. The molecule has 1 N–H and O–H groups in total. The summed E-state index contributed by atoms with van der Waals surface area (Å²) in [6, 6.07) is 0. The summed E-state index contributed by atoms with van der Waals surface area (Å²) in [6.45, 7) is 3.96. The van der Waals surface area contributed by atoms with E-state index >= 15 is 0 Å². The molecule has 0 amide bonds. The molecule has 50 valence electrons. The number of carbonyl (C=O) groups excluding carboxylic acids is 1. The van der Waals surface area contributed by atoms with Crippen LogP contribution < -0.4 is 0 Å². The SMILES string of the molecule is CC(C)/C=C\C(=O)C=N. The second-order valence-corrected chi connectivity index (χ2v) is 2.15. The second-order valence-electron chi connectivity index (χ2n) is 2.15. The molecule has 0 aromatic rings. The topological polar surface area (TPSA) is 40.9 Å². The molecule has 0 heterocycles. The molecule has 2 heteroatoms. The standard InChI is InChI=1S/C7H11NO/c1-6(2)3-4-7(9)5-8/h3-6,8H,1-2H3/b4-3-,8-5?. The first-order chi connectivity index (χ1) is 4.16. The maximum atomic E-state index is 10.4. The first-order valence-electron chi connectivity index (χ1n) is 2.89. The molecule has 0 saturated heterocycles. The van der Waals surface area contributed by atoms with Gasteiger partial charge in [0.15, 0.2) is 5.78 Å². The van der Waals surface area contributed by atoms with Crippen molar-refractivity contribution in [2.45, 2.75) is 13.8 Å². The summed E-state index contributed by atoms with van der Waals surface area (Å²) in [7, 11) is 0. The van der Waals surface area contributed by atoms with Crippen LogP contribution in [0.25, 0.3) is 0 Å². The summed E-state index contributed by atoms with van der Waals surface area (Å²) < 4.78 is 0. The molecule has 0 aromatic carbocycles. The monoisotopic (exact) mass is 125 g/mol. The van der Waals surface area contributed by atoms with E-state index in [2.05, 4.69) is 0 Å². The van der Waals surface area contributed by atoms with Gasteiger partial charge in [-0.2, -0.15) is 0 Å². The molecule has 0 aromatic heterocycles. The Morgan fingerprint density at radius 2 is 2.11 bits per heavy atom. The lowest BCUT2D eigenvalue weighted by atomic mass is 10.2. The van der Waals surface area contributed by atoms with Gasteiger partial charge in [0, 0.05) is 0 Å². The number of ketones is 1. The highest BCUT2D eigenvalue weighted by atomic mass is 16.1. The molecular weight excluding hydrogens is 114 g/mol. The zero-order valence-electron chi connectivity index (χ0n) is 5.72. The van der Waals surface area contributed by atoms with Crippen LogP contribution in [0.5, 0.6) is 0 Å². The lowest BCUT2D eigenvalue weighted by Gasteiger charge is -1.89. The third kappa shape index (κ3) is 4.94. The molecule has 0 aliphatic carbocycles. The fourth-order valence-electron chi connectivity index (χ4n) is 0.335. The Morgan fingerprint density at radius 3 is 2.44 bits per heavy atom. The fourth-order valence-corrected chi connectivity index (χ4v) is 0.335. The summed E-state index contributed by atoms with van der Waals surface area (Å²) in [6.07, 6.45) is 3.99. The van der Waals surface area contributed by atoms with Crippen LogP contribution in [0.4, 0.5) is 0 Å². The minimum absolute atomic E-state index is 0.247. The Balaban J connectivity index is 3.70. The Bertz CT molecular complexity index is 136. The number of allylic oxidation sites excluding steroid dienone is 2. The van der Waals surface area contributed by atoms with Gasteiger partial charge in [-0.25, -0.2) is 0 Å². The van der Waals surface area contributed by atoms with Crippen molar-refractivity contribution in [3.8, 4) is 0 Å². The molecule has 0 aliphatic rings. The van der Waals surface area contributed by atoms with Crippen molar-refractivity contribution in [3.63, 3.8) is 0 Å². The van der Waals surface area contributed by atoms with Gasteiger partial charge in [0.25, 0.3) is 0 Å². The number of hydrogen-bond acceptors (Lipinski definition) is 2. The van der Waals surface area contributed by atoms with Crippen molar-refractivity contribution in [1.29, 1.82) is 5.41 Å². The third-order valence-electron chi connectivity index (χ3n) is 0.788. The van der Waals surface area contributed by atoms with Crippen LogP contribution in [0.15, 0.2) is 12.2 Å². The first kappa shape index (κ1) is 8.08. The Labute approximate surface area is 55.1 Å². The maximum absolute atomic E-state index is 10.4. The van der Waals surface area contributed by atoms with Crippen LogP contribution >= 0.6 is 0 Å². The molecular formula is C7H11NO. The van der Waals surface area contributed by atoms with Gasteiger partial charge < -0.3 is 5.41 Å². The van der Waals surface area contributed by atoms with Crippen molar-refractivity contribution >= 4 is 12.0 Å². The predicted molar refractivity (Wildman–Crippen MR) is 37.8 cm³/mol. The Morgan fingerprint density at radius 1 is 1.56 bits per heavy atom. The van der Waals surface area contributed by atoms with E-state index in [1.54, 1.807) is 6.08 Å². The molecule has 0 spiro atoms. The summed E-state index contributed by atoms with van der Waals surface area (Å²) in [5.41, 5.74) is 0. The van der Waals surface area contributed by atoms with Crippen molar-refractivity contribution in [2.24, 2.45) is 5.92 Å². The van der Waals surface area contributed by atoms with E-state index < -0.39 is 0 Å². The highest BCUT2D eigenvalue weighted by Gasteiger charge is 1.87. The van der Waals surface area contributed by atoms with E-state index in [0.29, 0.717) is 5.92 Å². The van der Waals surface area contributed by atoms with Crippen LogP contribution in [0.2, 0.25) is 0 Å². The van der Waals surface area contributed by atoms with Crippen molar-refractivity contribution in [2.75, 3.05) is 0 Å². The molecule has 0 saturated carbocycles. The van der Waals surface area contributed by atoms with Gasteiger partial charge in [-0.3, -0.25) is 4.79 Å². The predicted octanol–water partition coefficient (Wildman–Crippen LogP) is 1.42. The molecule has 2 nitrogen and oxygen atoms in total. The lowest BCUT2D eigenvalue weighted by molar-refractivity contribution is -0.108. The van der Waals surface area contributed by atoms with E-state index in [1.807, 2.05) is 13.8 Å². The van der Waals surface area contributed by atoms with E-state index in [0.717, 1.165) is 6.21 Å². The summed E-state index contributed by atoms with van der Waals surface area (Å²) >= 11 is 0. The Hall–Kier alpha value is -0.920. The Kier molecular flexibility index (Phi) is 3.60. The molecule has 0 rings (SSSR count). The number of hydrogen-bond donors (Lipinski definition) is 1. The van der Waals surface area contributed by atoms with E-state index in [4.69, 9.17) is 5.41 Å². The molecule has 0 fully saturated rings. The van der Waals surface area contributed by atoms with Crippen molar-refractivity contribution in [3.05, 3.63) is 12.2 Å². The molecule has 0 bridgehead atoms. The number of nitrogens with one attached hydrogen (secondary N) is 1. The van der Waals surface area contributed by atoms with Gasteiger partial charge in [-0.05, 0) is 12.0 Å². The smallest absolute Gasteiger partial charge is 0.195 e. The van der Waals surface area contributed by atoms with E-state index in [9.17, 15) is 4.79 Å². The maximum Gasteiger partial charge on any atom is 0.195 e. The van der Waals surface area contributed by atoms with E-state index in [1.165, 1.54) is 6.08 Å². The van der Waals surface area contributed by atoms with Crippen LogP contribution in [-0.4, -0.2) is 12.0 Å². The van der Waals surface area contributed by atoms with Crippen molar-refractivity contribution in [1.82, 2.24) is 0 Å². The van der Waals surface area contributed by atoms with E-state index in [-0.39, 0.29) is 5.78 Å². The van der Waals surface area contributed by atoms with Crippen LogP contribution in [-0.2, 0) is 4.79 Å². The minimum atomic E-state index is -0.247. The first-order valence-corrected chi connectivity index (χ1v) is 2.89. The molecule has 0 radical (unpaired) electrons. The third-order valence-corrected chi connectivity index (χ3v) is 0.788. The highest BCUT2D eigenvalue weighted by Crippen LogP contribution is 1.91. The van der Waals surface area contributed by atoms with Gasteiger partial charge >= 0.3 is 0 Å². The average molecular weight is 125 g/mol. The normalized spacial score (nSPS) is 10.6. The molecule has 9 heavy (non-hydrogen) atoms. The van der Waals surface area contributed by atoms with Crippen molar-refractivity contribution < 1.29 is 4.79 Å². The summed E-state index contributed by atoms with van der Waals surface area (Å²) in [4.78, 5) is 10.4. The average Bonchev–Trinajstić information content (AvgIpc) is 1.83. The van der Waals surface area contributed by atoms with Gasteiger partial charge in [0.2, 0.25) is 0 Å². The largest absolute Gasteiger partial charge is 0.305 e. The lowest BCUT2D eigenvalue weighted by Crippen LogP contribution is -1.92. The summed E-state index contributed by atoms with van der Waals surface area (Å²) in [5, 5.41) is 6.53. The molecule has 0 atom stereocenters. The summed E-state index contributed by atoms with van der Waals surface area (Å²) in [5.74, 6) is 0.137. The zero-order chi connectivity index (χ0) is 7.28. The number of carbonyl (C=O) groups is 1. The van der Waals surface area contributed by atoms with Crippen LogP contribution in [0.3, 0.4) is 0 Å². The fraction of sp³-hybridized carbons (Fsp3) is 0.429.